The van der Waals surface area contributed by atoms with Gasteiger partial charge in [-0.15, -0.1) is 0 Å². The average molecular weight is 285 g/mol. The average Bonchev–Trinajstić information content (AvgIpc) is 2.21. The highest BCUT2D eigenvalue weighted by atomic mass is 79.9. The minimum atomic E-state index is -0.435. The Labute approximate surface area is 102 Å². The van der Waals surface area contributed by atoms with E-state index in [1.165, 1.54) is 12.1 Å². The molecule has 1 amide bonds. The lowest BCUT2D eigenvalue weighted by Crippen LogP contribution is -2.18. The van der Waals surface area contributed by atoms with Gasteiger partial charge in [-0.2, -0.15) is 5.10 Å². The van der Waals surface area contributed by atoms with Crippen molar-refractivity contribution in [2.45, 2.75) is 13.8 Å². The summed E-state index contributed by atoms with van der Waals surface area (Å²) in [5, 5.41) is 13.2. The first-order valence-corrected chi connectivity index (χ1v) is 5.62. The zero-order valence-electron chi connectivity index (χ0n) is 9.07. The van der Waals surface area contributed by atoms with Crippen LogP contribution in [0.25, 0.3) is 0 Å². The molecule has 0 fully saturated rings. The number of amides is 1. The number of rotatable bonds is 3. The Bertz CT molecular complexity index is 416. The van der Waals surface area contributed by atoms with Gasteiger partial charge in [-0.25, -0.2) is 5.43 Å². The van der Waals surface area contributed by atoms with Gasteiger partial charge in [0.1, 0.15) is 5.75 Å². The van der Waals surface area contributed by atoms with Crippen molar-refractivity contribution in [3.8, 4) is 5.75 Å². The lowest BCUT2D eigenvalue weighted by atomic mass is 10.2. The number of hydrogen-bond acceptors (Lipinski definition) is 3. The second-order valence-corrected chi connectivity index (χ2v) is 4.54. The van der Waals surface area contributed by atoms with E-state index in [-0.39, 0.29) is 17.2 Å². The molecular formula is C11H13BrN2O2. The molecule has 0 aromatic heterocycles. The first-order chi connectivity index (χ1) is 7.50. The van der Waals surface area contributed by atoms with Crippen molar-refractivity contribution in [2.24, 2.45) is 11.0 Å². The largest absolute Gasteiger partial charge is 0.507 e. The van der Waals surface area contributed by atoms with Gasteiger partial charge in [0.05, 0.1) is 5.56 Å². The Balaban J connectivity index is 2.77. The molecule has 0 atom stereocenters. The molecule has 5 heteroatoms. The van der Waals surface area contributed by atoms with Crippen molar-refractivity contribution in [1.29, 1.82) is 0 Å². The fraction of sp³-hybridized carbons (Fsp3) is 0.273. The molecule has 86 valence electrons. The van der Waals surface area contributed by atoms with E-state index in [1.54, 1.807) is 12.3 Å². The molecule has 4 nitrogen and oxygen atoms in total. The van der Waals surface area contributed by atoms with Crippen LogP contribution in [0.15, 0.2) is 27.8 Å². The number of hydrazone groups is 1. The van der Waals surface area contributed by atoms with Crippen molar-refractivity contribution in [1.82, 2.24) is 5.43 Å². The Kier molecular flexibility index (Phi) is 4.49. The number of benzene rings is 1. The predicted octanol–water partition coefficient (Wildman–Crippen LogP) is 2.53. The number of nitrogens with one attached hydrogen (secondary N) is 1. The van der Waals surface area contributed by atoms with Crippen LogP contribution in [-0.4, -0.2) is 17.2 Å². The Hall–Kier alpha value is -1.36. The monoisotopic (exact) mass is 284 g/mol. The normalized spacial score (nSPS) is 11.0. The lowest BCUT2D eigenvalue weighted by molar-refractivity contribution is 0.0952. The molecule has 0 heterocycles. The van der Waals surface area contributed by atoms with Gasteiger partial charge in [-0.1, -0.05) is 29.8 Å². The molecule has 0 unspecified atom stereocenters. The zero-order valence-corrected chi connectivity index (χ0v) is 10.7. The molecule has 0 aliphatic rings. The molecule has 0 spiro atoms. The molecule has 0 aliphatic carbocycles. The van der Waals surface area contributed by atoms with Crippen LogP contribution in [0.1, 0.15) is 24.2 Å². The number of phenolic OH excluding ortho intramolecular Hbond substituents is 1. The van der Waals surface area contributed by atoms with Crippen LogP contribution in [0, 0.1) is 5.92 Å². The number of aromatic hydroxyl groups is 1. The zero-order chi connectivity index (χ0) is 12.1. The van der Waals surface area contributed by atoms with Crippen molar-refractivity contribution < 1.29 is 9.90 Å². The van der Waals surface area contributed by atoms with Gasteiger partial charge in [-0.05, 0) is 24.1 Å². The quantitative estimate of drug-likeness (QED) is 0.662. The number of carbonyl (C=O) groups is 1. The summed E-state index contributed by atoms with van der Waals surface area (Å²) in [6, 6.07) is 4.64. The van der Waals surface area contributed by atoms with Crippen LogP contribution in [0.4, 0.5) is 0 Å². The molecule has 0 bridgehead atoms. The van der Waals surface area contributed by atoms with Crippen LogP contribution in [-0.2, 0) is 0 Å². The number of nitrogens with zero attached hydrogens (tertiary/aromatic N) is 1. The number of halogens is 1. The second kappa shape index (κ2) is 5.65. The molecule has 0 aliphatic heterocycles. The molecule has 16 heavy (non-hydrogen) atoms. The van der Waals surface area contributed by atoms with Crippen LogP contribution >= 0.6 is 15.9 Å². The third kappa shape index (κ3) is 3.66. The maximum atomic E-state index is 11.6. The predicted molar refractivity (Wildman–Crippen MR) is 66.6 cm³/mol. The summed E-state index contributed by atoms with van der Waals surface area (Å²) in [7, 11) is 0. The summed E-state index contributed by atoms with van der Waals surface area (Å²) < 4.78 is 0.725. The summed E-state index contributed by atoms with van der Waals surface area (Å²) in [5.41, 5.74) is 2.54. The van der Waals surface area contributed by atoms with Crippen LogP contribution in [0.2, 0.25) is 0 Å². The van der Waals surface area contributed by atoms with Gasteiger partial charge >= 0.3 is 0 Å². The number of carbonyl (C=O) groups excluding carboxylic acids is 1. The Morgan fingerprint density at radius 2 is 2.25 bits per heavy atom. The van der Waals surface area contributed by atoms with E-state index in [9.17, 15) is 9.90 Å². The van der Waals surface area contributed by atoms with Gasteiger partial charge in [-0.3, -0.25) is 4.79 Å². The van der Waals surface area contributed by atoms with Gasteiger partial charge in [0, 0.05) is 10.7 Å². The van der Waals surface area contributed by atoms with E-state index in [1.807, 2.05) is 13.8 Å². The molecule has 0 saturated carbocycles. The lowest BCUT2D eigenvalue weighted by Gasteiger charge is -2.03. The summed E-state index contributed by atoms with van der Waals surface area (Å²) >= 11 is 3.23. The highest BCUT2D eigenvalue weighted by Crippen LogP contribution is 2.21. The van der Waals surface area contributed by atoms with E-state index in [0.717, 1.165) is 4.47 Å². The topological polar surface area (TPSA) is 61.7 Å². The molecular weight excluding hydrogens is 272 g/mol. The summed E-state index contributed by atoms with van der Waals surface area (Å²) in [6.45, 7) is 3.90. The van der Waals surface area contributed by atoms with Gasteiger partial charge in [0.2, 0.25) is 0 Å². The number of hydrogen-bond donors (Lipinski definition) is 2. The van der Waals surface area contributed by atoms with Crippen molar-refractivity contribution >= 4 is 28.1 Å². The second-order valence-electron chi connectivity index (χ2n) is 3.62. The molecule has 1 aromatic rings. The highest BCUT2D eigenvalue weighted by Gasteiger charge is 2.10. The van der Waals surface area contributed by atoms with Crippen molar-refractivity contribution in [3.63, 3.8) is 0 Å². The third-order valence-electron chi connectivity index (χ3n) is 1.74. The van der Waals surface area contributed by atoms with Gasteiger partial charge in [0.25, 0.3) is 5.91 Å². The van der Waals surface area contributed by atoms with E-state index in [2.05, 4.69) is 26.5 Å². The van der Waals surface area contributed by atoms with Crippen molar-refractivity contribution in [2.75, 3.05) is 0 Å². The molecule has 1 rings (SSSR count). The minimum Gasteiger partial charge on any atom is -0.507 e. The van der Waals surface area contributed by atoms with E-state index in [0.29, 0.717) is 0 Å². The maximum absolute atomic E-state index is 11.6. The first kappa shape index (κ1) is 12.7. The molecule has 2 N–H and O–H groups in total. The van der Waals surface area contributed by atoms with E-state index < -0.39 is 5.91 Å². The SMILES string of the molecule is CC(C)/C=N/NC(=O)c1cc(Br)ccc1O. The number of phenols is 1. The summed E-state index contributed by atoms with van der Waals surface area (Å²) in [6.07, 6.45) is 1.62. The molecule has 1 aromatic carbocycles. The summed E-state index contributed by atoms with van der Waals surface area (Å²) in [4.78, 5) is 11.6. The molecule has 0 radical (unpaired) electrons. The van der Waals surface area contributed by atoms with Crippen LogP contribution in [0.3, 0.4) is 0 Å². The van der Waals surface area contributed by atoms with Crippen LogP contribution < -0.4 is 5.43 Å². The summed E-state index contributed by atoms with van der Waals surface area (Å²) in [5.74, 6) is -0.243. The first-order valence-electron chi connectivity index (χ1n) is 4.82. The third-order valence-corrected chi connectivity index (χ3v) is 2.24. The van der Waals surface area contributed by atoms with Crippen LogP contribution in [0.5, 0.6) is 5.75 Å². The Morgan fingerprint density at radius 3 is 2.88 bits per heavy atom. The van der Waals surface area contributed by atoms with Gasteiger partial charge < -0.3 is 5.11 Å². The fourth-order valence-electron chi connectivity index (χ4n) is 0.995. The minimum absolute atomic E-state index is 0.0690. The van der Waals surface area contributed by atoms with Gasteiger partial charge in [0.15, 0.2) is 0 Å². The standard InChI is InChI=1S/C11H13BrN2O2/c1-7(2)6-13-14-11(16)9-5-8(12)3-4-10(9)15/h3-7,15H,1-2H3,(H,14,16)/b13-6+. The van der Waals surface area contributed by atoms with E-state index in [4.69, 9.17) is 0 Å². The maximum Gasteiger partial charge on any atom is 0.275 e. The fourth-order valence-corrected chi connectivity index (χ4v) is 1.36. The highest BCUT2D eigenvalue weighted by molar-refractivity contribution is 9.10. The van der Waals surface area contributed by atoms with E-state index >= 15 is 0 Å². The smallest absolute Gasteiger partial charge is 0.275 e. The Morgan fingerprint density at radius 1 is 1.56 bits per heavy atom. The molecule has 0 saturated heterocycles. The van der Waals surface area contributed by atoms with Crippen molar-refractivity contribution in [3.05, 3.63) is 28.2 Å².